The average molecular weight is 308 g/mol. The Balaban J connectivity index is 2.35. The summed E-state index contributed by atoms with van der Waals surface area (Å²) in [5.74, 6) is 0. The van der Waals surface area contributed by atoms with Gasteiger partial charge in [0.05, 0.1) is 5.69 Å². The van der Waals surface area contributed by atoms with Crippen molar-refractivity contribution in [1.82, 2.24) is 15.1 Å². The Morgan fingerprint density at radius 2 is 2.28 bits per heavy atom. The van der Waals surface area contributed by atoms with E-state index in [-0.39, 0.29) is 0 Å². The minimum absolute atomic E-state index is 0.307. The van der Waals surface area contributed by atoms with Crippen molar-refractivity contribution >= 4 is 15.9 Å². The zero-order valence-electron chi connectivity index (χ0n) is 10.7. The van der Waals surface area contributed by atoms with E-state index in [9.17, 15) is 0 Å². The normalized spacial score (nSPS) is 12.6. The summed E-state index contributed by atoms with van der Waals surface area (Å²) >= 11 is 3.54. The second-order valence-electron chi connectivity index (χ2n) is 4.33. The van der Waals surface area contributed by atoms with Crippen molar-refractivity contribution < 1.29 is 0 Å². The maximum Gasteiger partial charge on any atom is 0.0694 e. The minimum atomic E-state index is 0.307. The van der Waals surface area contributed by atoms with Crippen LogP contribution in [0.3, 0.4) is 0 Å². The summed E-state index contributed by atoms with van der Waals surface area (Å²) in [6, 6.07) is 8.55. The van der Waals surface area contributed by atoms with Gasteiger partial charge < -0.3 is 5.32 Å². The van der Waals surface area contributed by atoms with E-state index >= 15 is 0 Å². The lowest BCUT2D eigenvalue weighted by Crippen LogP contribution is -2.20. The number of rotatable bonds is 5. The van der Waals surface area contributed by atoms with Crippen molar-refractivity contribution in [2.45, 2.75) is 26.3 Å². The van der Waals surface area contributed by atoms with Crippen LogP contribution in [0.5, 0.6) is 0 Å². The number of nitrogens with one attached hydrogen (secondary N) is 1. The lowest BCUT2D eigenvalue weighted by atomic mass is 10.1. The largest absolute Gasteiger partial charge is 0.310 e. The van der Waals surface area contributed by atoms with Gasteiger partial charge in [0.15, 0.2) is 0 Å². The van der Waals surface area contributed by atoms with Crippen LogP contribution in [0.25, 0.3) is 5.69 Å². The van der Waals surface area contributed by atoms with Crippen molar-refractivity contribution in [2.75, 3.05) is 6.54 Å². The van der Waals surface area contributed by atoms with Crippen molar-refractivity contribution in [3.8, 4) is 5.69 Å². The molecule has 0 bridgehead atoms. The van der Waals surface area contributed by atoms with Gasteiger partial charge in [-0.2, -0.15) is 5.10 Å². The van der Waals surface area contributed by atoms with Crippen molar-refractivity contribution in [1.29, 1.82) is 0 Å². The lowest BCUT2D eigenvalue weighted by Gasteiger charge is -2.18. The number of nitrogens with zero attached hydrogens (tertiary/aromatic N) is 2. The monoisotopic (exact) mass is 307 g/mol. The molecule has 1 unspecified atom stereocenters. The summed E-state index contributed by atoms with van der Waals surface area (Å²) in [4.78, 5) is 0. The summed E-state index contributed by atoms with van der Waals surface area (Å²) in [5, 5.41) is 7.83. The molecule has 0 fully saturated rings. The van der Waals surface area contributed by atoms with Crippen LogP contribution in [-0.2, 0) is 0 Å². The quantitative estimate of drug-likeness (QED) is 0.913. The molecule has 0 amide bonds. The molecule has 4 heteroatoms. The van der Waals surface area contributed by atoms with Crippen LogP contribution in [0, 0.1) is 0 Å². The molecule has 2 aromatic rings. The molecule has 96 valence electrons. The smallest absolute Gasteiger partial charge is 0.0694 e. The van der Waals surface area contributed by atoms with Gasteiger partial charge in [0, 0.05) is 22.9 Å². The van der Waals surface area contributed by atoms with Crippen LogP contribution in [0.4, 0.5) is 0 Å². The van der Waals surface area contributed by atoms with Gasteiger partial charge >= 0.3 is 0 Å². The van der Waals surface area contributed by atoms with Crippen LogP contribution in [0.2, 0.25) is 0 Å². The summed E-state index contributed by atoms with van der Waals surface area (Å²) in [7, 11) is 0. The number of aromatic nitrogens is 2. The highest BCUT2D eigenvalue weighted by molar-refractivity contribution is 9.10. The molecule has 3 nitrogen and oxygen atoms in total. The van der Waals surface area contributed by atoms with Gasteiger partial charge in [-0.25, -0.2) is 4.68 Å². The highest BCUT2D eigenvalue weighted by Crippen LogP contribution is 2.25. The molecule has 2 rings (SSSR count). The van der Waals surface area contributed by atoms with Crippen molar-refractivity contribution in [3.63, 3.8) is 0 Å². The van der Waals surface area contributed by atoms with Gasteiger partial charge in [-0.15, -0.1) is 0 Å². The third-order valence-electron chi connectivity index (χ3n) is 2.91. The molecule has 0 spiro atoms. The number of hydrogen-bond acceptors (Lipinski definition) is 2. The predicted octanol–water partition coefficient (Wildman–Crippen LogP) is 3.70. The molecule has 1 N–H and O–H groups in total. The fraction of sp³-hybridized carbons (Fsp3) is 0.357. The second-order valence-corrected chi connectivity index (χ2v) is 5.25. The highest BCUT2D eigenvalue weighted by atomic mass is 79.9. The Labute approximate surface area is 116 Å². The molecule has 1 aromatic carbocycles. The molecule has 18 heavy (non-hydrogen) atoms. The molecule has 0 aliphatic carbocycles. The van der Waals surface area contributed by atoms with Crippen LogP contribution in [-0.4, -0.2) is 16.3 Å². The number of hydrogen-bond donors (Lipinski definition) is 1. The Hall–Kier alpha value is -1.13. The maximum absolute atomic E-state index is 4.31. The molecule has 0 saturated heterocycles. The zero-order valence-corrected chi connectivity index (χ0v) is 12.3. The van der Waals surface area contributed by atoms with Gasteiger partial charge in [-0.3, -0.25) is 0 Å². The Morgan fingerprint density at radius 3 is 2.94 bits per heavy atom. The van der Waals surface area contributed by atoms with E-state index in [0.29, 0.717) is 6.04 Å². The van der Waals surface area contributed by atoms with E-state index in [2.05, 4.69) is 52.3 Å². The Bertz CT molecular complexity index is 494. The van der Waals surface area contributed by atoms with Crippen LogP contribution < -0.4 is 5.32 Å². The SMILES string of the molecule is CCCNC(C)c1cc(Br)ccc1-n1cccn1. The first-order chi connectivity index (χ1) is 8.72. The topological polar surface area (TPSA) is 29.9 Å². The van der Waals surface area contributed by atoms with Crippen LogP contribution in [0.1, 0.15) is 31.9 Å². The molecule has 1 atom stereocenters. The average Bonchev–Trinajstić information content (AvgIpc) is 2.89. The predicted molar refractivity (Wildman–Crippen MR) is 78.0 cm³/mol. The molecule has 1 heterocycles. The number of halogens is 1. The summed E-state index contributed by atoms with van der Waals surface area (Å²) in [6.07, 6.45) is 4.91. The van der Waals surface area contributed by atoms with E-state index in [0.717, 1.165) is 23.1 Å². The number of benzene rings is 1. The standard InChI is InChI=1S/C14H18BrN3/c1-3-7-16-11(2)13-10-12(15)5-6-14(13)18-9-4-8-17-18/h4-6,8-11,16H,3,7H2,1-2H3. The molecule has 0 aliphatic rings. The van der Waals surface area contributed by atoms with Crippen LogP contribution in [0.15, 0.2) is 41.1 Å². The molecule has 0 saturated carbocycles. The molecule has 0 radical (unpaired) electrons. The Kier molecular flexibility index (Phi) is 4.55. The van der Waals surface area contributed by atoms with E-state index in [1.807, 2.05) is 23.0 Å². The first kappa shape index (κ1) is 13.3. The fourth-order valence-electron chi connectivity index (χ4n) is 1.96. The molecular formula is C14H18BrN3. The Morgan fingerprint density at radius 1 is 1.44 bits per heavy atom. The second kappa shape index (κ2) is 6.16. The lowest BCUT2D eigenvalue weighted by molar-refractivity contribution is 0.567. The highest BCUT2D eigenvalue weighted by Gasteiger charge is 2.12. The van der Waals surface area contributed by atoms with Gasteiger partial charge in [0.1, 0.15) is 0 Å². The van der Waals surface area contributed by atoms with Crippen molar-refractivity contribution in [2.24, 2.45) is 0 Å². The third kappa shape index (κ3) is 3.00. The molecule has 0 aliphatic heterocycles. The summed E-state index contributed by atoms with van der Waals surface area (Å²) in [5.41, 5.74) is 2.38. The fourth-order valence-corrected chi connectivity index (χ4v) is 2.34. The zero-order chi connectivity index (χ0) is 13.0. The first-order valence-electron chi connectivity index (χ1n) is 6.25. The third-order valence-corrected chi connectivity index (χ3v) is 3.40. The van der Waals surface area contributed by atoms with E-state index in [1.54, 1.807) is 6.20 Å². The maximum atomic E-state index is 4.31. The van der Waals surface area contributed by atoms with Crippen LogP contribution >= 0.6 is 15.9 Å². The van der Waals surface area contributed by atoms with Crippen molar-refractivity contribution in [3.05, 3.63) is 46.7 Å². The summed E-state index contributed by atoms with van der Waals surface area (Å²) < 4.78 is 3.00. The minimum Gasteiger partial charge on any atom is -0.310 e. The van der Waals surface area contributed by atoms with Gasteiger partial charge in [-0.1, -0.05) is 22.9 Å². The van der Waals surface area contributed by atoms with Gasteiger partial charge in [0.25, 0.3) is 0 Å². The van der Waals surface area contributed by atoms with E-state index < -0.39 is 0 Å². The van der Waals surface area contributed by atoms with Gasteiger partial charge in [-0.05, 0) is 49.7 Å². The molecular weight excluding hydrogens is 290 g/mol. The van der Waals surface area contributed by atoms with E-state index in [1.165, 1.54) is 5.56 Å². The first-order valence-corrected chi connectivity index (χ1v) is 7.04. The molecule has 1 aromatic heterocycles. The van der Waals surface area contributed by atoms with E-state index in [4.69, 9.17) is 0 Å². The van der Waals surface area contributed by atoms with Gasteiger partial charge in [0.2, 0.25) is 0 Å². The summed E-state index contributed by atoms with van der Waals surface area (Å²) in [6.45, 7) is 5.38.